The van der Waals surface area contributed by atoms with E-state index in [0.29, 0.717) is 11.3 Å². The van der Waals surface area contributed by atoms with Gasteiger partial charge in [-0.25, -0.2) is 8.42 Å². The number of rotatable bonds is 1. The second kappa shape index (κ2) is 3.73. The fourth-order valence-corrected chi connectivity index (χ4v) is 3.51. The average molecular weight is 255 g/mol. The molecule has 1 amide bonds. The minimum atomic E-state index is -3.63. The lowest BCUT2D eigenvalue weighted by Gasteiger charge is -2.25. The van der Waals surface area contributed by atoms with Crippen LogP contribution in [0.1, 0.15) is 12.5 Å². The smallest absolute Gasteiger partial charge is 0.242 e. The molecule has 0 spiro atoms. The molecule has 0 bridgehead atoms. The first-order valence-corrected chi connectivity index (χ1v) is 6.66. The van der Waals surface area contributed by atoms with E-state index < -0.39 is 21.0 Å². The molecule has 1 aromatic rings. The maximum absolute atomic E-state index is 12.2. The quantitative estimate of drug-likeness (QED) is 0.816. The third kappa shape index (κ3) is 1.59. The van der Waals surface area contributed by atoms with Crippen LogP contribution < -0.4 is 10.1 Å². The Morgan fingerprint density at radius 3 is 2.59 bits per heavy atom. The minimum Gasteiger partial charge on any atom is -0.495 e. The van der Waals surface area contributed by atoms with E-state index in [9.17, 15) is 13.2 Å². The van der Waals surface area contributed by atoms with Crippen molar-refractivity contribution in [3.8, 4) is 5.75 Å². The number of aryl methyl sites for hydroxylation is 1. The molecule has 0 radical (unpaired) electrons. The number of benzene rings is 1. The monoisotopic (exact) mass is 255 g/mol. The zero-order valence-electron chi connectivity index (χ0n) is 9.77. The summed E-state index contributed by atoms with van der Waals surface area (Å²) >= 11 is 0. The molecule has 5 nitrogen and oxygen atoms in total. The number of nitrogens with one attached hydrogen (secondary N) is 1. The number of methoxy groups -OCH3 is 1. The number of anilines is 1. The van der Waals surface area contributed by atoms with Gasteiger partial charge in [-0.2, -0.15) is 0 Å². The number of carbonyl (C=O) groups excluding carboxylic acids is 1. The Hall–Kier alpha value is -1.56. The molecule has 1 aliphatic heterocycles. The van der Waals surface area contributed by atoms with Crippen LogP contribution in [0.5, 0.6) is 5.75 Å². The van der Waals surface area contributed by atoms with Crippen molar-refractivity contribution in [2.75, 3.05) is 12.4 Å². The molecule has 0 fully saturated rings. The van der Waals surface area contributed by atoms with Crippen LogP contribution in [0.25, 0.3) is 0 Å². The molecule has 1 N–H and O–H groups in total. The van der Waals surface area contributed by atoms with Crippen molar-refractivity contribution in [1.82, 2.24) is 0 Å². The second-order valence-electron chi connectivity index (χ2n) is 3.97. The molecule has 0 saturated heterocycles. The van der Waals surface area contributed by atoms with E-state index in [1.54, 1.807) is 19.1 Å². The average Bonchev–Trinajstić information content (AvgIpc) is 2.26. The van der Waals surface area contributed by atoms with Crippen LogP contribution in [0.2, 0.25) is 0 Å². The van der Waals surface area contributed by atoms with E-state index in [1.807, 2.05) is 0 Å². The molecule has 0 saturated carbocycles. The number of hydrogen-bond acceptors (Lipinski definition) is 4. The highest BCUT2D eigenvalue weighted by atomic mass is 32.2. The minimum absolute atomic E-state index is 0.156. The number of carbonyl (C=O) groups is 1. The fourth-order valence-electron chi connectivity index (χ4n) is 1.87. The third-order valence-electron chi connectivity index (χ3n) is 2.90. The van der Waals surface area contributed by atoms with Crippen LogP contribution in [-0.4, -0.2) is 26.7 Å². The van der Waals surface area contributed by atoms with Gasteiger partial charge < -0.3 is 10.1 Å². The topological polar surface area (TPSA) is 72.5 Å². The van der Waals surface area contributed by atoms with Gasteiger partial charge in [-0.3, -0.25) is 4.79 Å². The Balaban J connectivity index is 2.83. The van der Waals surface area contributed by atoms with Gasteiger partial charge in [0.25, 0.3) is 0 Å². The molecule has 0 aromatic heterocycles. The summed E-state index contributed by atoms with van der Waals surface area (Å²) in [5.41, 5.74) is 0.850. The summed E-state index contributed by atoms with van der Waals surface area (Å²) in [6.07, 6.45) is 0. The molecule has 6 heteroatoms. The zero-order chi connectivity index (χ0) is 12.8. The van der Waals surface area contributed by atoms with Crippen LogP contribution in [-0.2, 0) is 14.6 Å². The second-order valence-corrected chi connectivity index (χ2v) is 6.17. The van der Waals surface area contributed by atoms with Gasteiger partial charge in [-0.05, 0) is 25.5 Å². The van der Waals surface area contributed by atoms with E-state index in [2.05, 4.69) is 5.32 Å². The largest absolute Gasteiger partial charge is 0.495 e. The van der Waals surface area contributed by atoms with Crippen molar-refractivity contribution in [2.45, 2.75) is 24.0 Å². The predicted octanol–water partition coefficient (Wildman–Crippen LogP) is 1.12. The van der Waals surface area contributed by atoms with Crippen molar-refractivity contribution in [3.63, 3.8) is 0 Å². The van der Waals surface area contributed by atoms with Crippen LogP contribution in [0.15, 0.2) is 17.0 Å². The van der Waals surface area contributed by atoms with Gasteiger partial charge in [-0.1, -0.05) is 6.07 Å². The van der Waals surface area contributed by atoms with Gasteiger partial charge in [0, 0.05) is 0 Å². The predicted molar refractivity (Wildman–Crippen MR) is 63.0 cm³/mol. The Bertz CT molecular complexity index is 592. The number of hydrogen-bond donors (Lipinski definition) is 1. The first-order chi connectivity index (χ1) is 7.89. The van der Waals surface area contributed by atoms with Crippen LogP contribution >= 0.6 is 0 Å². The van der Waals surface area contributed by atoms with Gasteiger partial charge >= 0.3 is 0 Å². The van der Waals surface area contributed by atoms with E-state index in [4.69, 9.17) is 4.74 Å². The fraction of sp³-hybridized carbons (Fsp3) is 0.364. The van der Waals surface area contributed by atoms with Gasteiger partial charge in [-0.15, -0.1) is 0 Å². The lowest BCUT2D eigenvalue weighted by molar-refractivity contribution is -0.115. The molecule has 1 unspecified atom stereocenters. The molecule has 2 rings (SSSR count). The third-order valence-corrected chi connectivity index (χ3v) is 5.14. The van der Waals surface area contributed by atoms with Crippen molar-refractivity contribution in [3.05, 3.63) is 17.7 Å². The number of fused-ring (bicyclic) bond motifs is 1. The number of amides is 1. The van der Waals surface area contributed by atoms with Gasteiger partial charge in [0.05, 0.1) is 12.0 Å². The Morgan fingerprint density at radius 2 is 2.00 bits per heavy atom. The van der Waals surface area contributed by atoms with Crippen molar-refractivity contribution in [2.24, 2.45) is 0 Å². The lowest BCUT2D eigenvalue weighted by atomic mass is 10.2. The van der Waals surface area contributed by atoms with Crippen molar-refractivity contribution >= 4 is 21.4 Å². The maximum atomic E-state index is 12.2. The van der Waals surface area contributed by atoms with E-state index >= 15 is 0 Å². The highest BCUT2D eigenvalue weighted by molar-refractivity contribution is 7.93. The summed E-state index contributed by atoms with van der Waals surface area (Å²) in [5.74, 6) is -0.171. The zero-order valence-corrected chi connectivity index (χ0v) is 10.6. The molecule has 1 atom stereocenters. The standard InChI is InChI=1S/C11H13NO4S/c1-6-4-5-8(16-3)9-10(6)17(14,15)7(2)11(13)12-9/h4-5,7H,1-3H3,(H,12,13). The van der Waals surface area contributed by atoms with Crippen molar-refractivity contribution < 1.29 is 17.9 Å². The van der Waals surface area contributed by atoms with E-state index in [0.717, 1.165) is 0 Å². The molecule has 1 aliphatic rings. The van der Waals surface area contributed by atoms with Crippen LogP contribution in [0.3, 0.4) is 0 Å². The first kappa shape index (κ1) is 11.9. The summed E-state index contributed by atoms with van der Waals surface area (Å²) in [7, 11) is -2.19. The summed E-state index contributed by atoms with van der Waals surface area (Å²) in [6, 6.07) is 3.30. The Kier molecular flexibility index (Phi) is 2.61. The summed E-state index contributed by atoms with van der Waals surface area (Å²) in [4.78, 5) is 11.8. The summed E-state index contributed by atoms with van der Waals surface area (Å²) in [5, 5.41) is 1.51. The van der Waals surface area contributed by atoms with E-state index in [-0.39, 0.29) is 10.6 Å². The van der Waals surface area contributed by atoms with Gasteiger partial charge in [0.15, 0.2) is 9.84 Å². The molecule has 0 aliphatic carbocycles. The molecule has 1 heterocycles. The Morgan fingerprint density at radius 1 is 1.35 bits per heavy atom. The molecular formula is C11H13NO4S. The highest BCUT2D eigenvalue weighted by Gasteiger charge is 2.39. The SMILES string of the molecule is COc1ccc(C)c2c1NC(=O)C(C)S2(=O)=O. The Labute approximate surface area is 99.7 Å². The normalized spacial score (nSPS) is 21.6. The summed E-state index contributed by atoms with van der Waals surface area (Å²) < 4.78 is 29.4. The van der Waals surface area contributed by atoms with Gasteiger partial charge in [0.2, 0.25) is 5.91 Å². The molecule has 1 aromatic carbocycles. The van der Waals surface area contributed by atoms with Crippen LogP contribution in [0, 0.1) is 6.92 Å². The summed E-state index contributed by atoms with van der Waals surface area (Å²) in [6.45, 7) is 3.08. The van der Waals surface area contributed by atoms with E-state index in [1.165, 1.54) is 14.0 Å². The van der Waals surface area contributed by atoms with Crippen molar-refractivity contribution in [1.29, 1.82) is 0 Å². The first-order valence-electron chi connectivity index (χ1n) is 5.12. The van der Waals surface area contributed by atoms with Gasteiger partial charge in [0.1, 0.15) is 16.7 Å². The lowest BCUT2D eigenvalue weighted by Crippen LogP contribution is -2.38. The highest BCUT2D eigenvalue weighted by Crippen LogP contribution is 2.39. The number of ether oxygens (including phenoxy) is 1. The number of sulfone groups is 1. The van der Waals surface area contributed by atoms with Crippen LogP contribution in [0.4, 0.5) is 5.69 Å². The maximum Gasteiger partial charge on any atom is 0.242 e. The molecule has 92 valence electrons. The molecule has 17 heavy (non-hydrogen) atoms. The molecular weight excluding hydrogens is 242 g/mol.